The number of hydrogen-bond donors (Lipinski definition) is 0. The third kappa shape index (κ3) is 2.81. The minimum Gasteiger partial charge on any atom is -0.462 e. The van der Waals surface area contributed by atoms with E-state index in [0.717, 1.165) is 17.7 Å². The molecule has 0 bridgehead atoms. The fourth-order valence-corrected chi connectivity index (χ4v) is 1.49. The maximum atomic E-state index is 11.7. The summed E-state index contributed by atoms with van der Waals surface area (Å²) >= 11 is 0. The van der Waals surface area contributed by atoms with Gasteiger partial charge in [-0.15, -0.1) is 0 Å². The minimum absolute atomic E-state index is 0.269. The van der Waals surface area contributed by atoms with Gasteiger partial charge in [-0.1, -0.05) is 20.8 Å². The molecule has 0 aliphatic carbocycles. The zero-order valence-corrected chi connectivity index (χ0v) is 10.4. The lowest BCUT2D eigenvalue weighted by molar-refractivity contribution is 0.0524. The number of aryl methyl sites for hydroxylation is 1. The molecule has 0 aromatic carbocycles. The Morgan fingerprint density at radius 2 is 2.12 bits per heavy atom. The molecule has 0 radical (unpaired) electrons. The number of pyridine rings is 1. The van der Waals surface area contributed by atoms with Crippen LogP contribution in [0.15, 0.2) is 12.3 Å². The summed E-state index contributed by atoms with van der Waals surface area (Å²) in [5, 5.41) is 0. The Morgan fingerprint density at radius 3 is 2.62 bits per heavy atom. The Bertz CT molecular complexity index is 372. The fourth-order valence-electron chi connectivity index (χ4n) is 1.49. The summed E-state index contributed by atoms with van der Waals surface area (Å²) in [6.45, 7) is 8.35. The third-order valence-corrected chi connectivity index (χ3v) is 2.49. The molecule has 0 N–H and O–H groups in total. The average Bonchev–Trinajstić information content (AvgIpc) is 2.28. The van der Waals surface area contributed by atoms with Crippen molar-refractivity contribution in [1.82, 2.24) is 4.98 Å². The van der Waals surface area contributed by atoms with E-state index >= 15 is 0 Å². The Hall–Kier alpha value is -1.38. The second-order valence-corrected chi connectivity index (χ2v) is 3.99. The van der Waals surface area contributed by atoms with Crippen molar-refractivity contribution in [3.63, 3.8) is 0 Å². The molecule has 0 atom stereocenters. The van der Waals surface area contributed by atoms with Gasteiger partial charge in [-0.05, 0) is 30.9 Å². The van der Waals surface area contributed by atoms with Crippen molar-refractivity contribution in [1.29, 1.82) is 0 Å². The summed E-state index contributed by atoms with van der Waals surface area (Å²) in [7, 11) is 0. The molecule has 0 aliphatic rings. The van der Waals surface area contributed by atoms with Crippen LogP contribution in [0.5, 0.6) is 0 Å². The zero-order chi connectivity index (χ0) is 12.1. The molecule has 1 heterocycles. The summed E-state index contributed by atoms with van der Waals surface area (Å²) in [5.41, 5.74) is 2.48. The van der Waals surface area contributed by atoms with Crippen molar-refractivity contribution < 1.29 is 9.53 Å². The molecule has 88 valence electrons. The van der Waals surface area contributed by atoms with Crippen LogP contribution >= 0.6 is 0 Å². The number of carbonyl (C=O) groups is 1. The number of ether oxygens (including phenoxy) is 1. The first-order valence-corrected chi connectivity index (χ1v) is 5.76. The van der Waals surface area contributed by atoms with Crippen molar-refractivity contribution in [2.24, 2.45) is 0 Å². The highest BCUT2D eigenvalue weighted by atomic mass is 16.5. The smallest absolute Gasteiger partial charge is 0.339 e. The van der Waals surface area contributed by atoms with Gasteiger partial charge < -0.3 is 4.74 Å². The number of nitrogens with zero attached hydrogens (tertiary/aromatic N) is 1. The van der Waals surface area contributed by atoms with Gasteiger partial charge in [0.15, 0.2) is 0 Å². The monoisotopic (exact) mass is 221 g/mol. The standard InChI is InChI=1S/C13H19NO2/c1-5-12-11(13(15)16-6-2)7-10(8-14-12)9(3)4/h7-9H,5-6H2,1-4H3. The first-order chi connectivity index (χ1) is 7.60. The third-order valence-electron chi connectivity index (χ3n) is 2.49. The molecule has 0 saturated carbocycles. The maximum absolute atomic E-state index is 11.7. The van der Waals surface area contributed by atoms with Gasteiger partial charge in [0.25, 0.3) is 0 Å². The summed E-state index contributed by atoms with van der Waals surface area (Å²) in [5.74, 6) is 0.0981. The van der Waals surface area contributed by atoms with Crippen LogP contribution in [0.25, 0.3) is 0 Å². The maximum Gasteiger partial charge on any atom is 0.339 e. The van der Waals surface area contributed by atoms with E-state index < -0.39 is 0 Å². The topological polar surface area (TPSA) is 39.2 Å². The summed E-state index contributed by atoms with van der Waals surface area (Å²) in [6, 6.07) is 1.90. The van der Waals surface area contributed by atoms with Crippen LogP contribution in [0.2, 0.25) is 0 Å². The van der Waals surface area contributed by atoms with Crippen LogP contribution in [0.3, 0.4) is 0 Å². The molecular weight excluding hydrogens is 202 g/mol. The van der Waals surface area contributed by atoms with Gasteiger partial charge in [0.05, 0.1) is 17.9 Å². The normalized spacial score (nSPS) is 10.6. The summed E-state index contributed by atoms with van der Waals surface area (Å²) in [4.78, 5) is 16.1. The van der Waals surface area contributed by atoms with Gasteiger partial charge in [0.1, 0.15) is 0 Å². The highest BCUT2D eigenvalue weighted by molar-refractivity contribution is 5.90. The molecule has 0 unspecified atom stereocenters. The molecule has 0 amide bonds. The van der Waals surface area contributed by atoms with Crippen LogP contribution < -0.4 is 0 Å². The number of esters is 1. The second-order valence-electron chi connectivity index (χ2n) is 3.99. The van der Waals surface area contributed by atoms with Crippen LogP contribution in [0.1, 0.15) is 55.2 Å². The quantitative estimate of drug-likeness (QED) is 0.734. The average molecular weight is 221 g/mol. The fraction of sp³-hybridized carbons (Fsp3) is 0.538. The lowest BCUT2D eigenvalue weighted by atomic mass is 10.0. The Kier molecular flexibility index (Phi) is 4.47. The first kappa shape index (κ1) is 12.7. The number of aromatic nitrogens is 1. The van der Waals surface area contributed by atoms with Gasteiger partial charge in [-0.25, -0.2) is 4.79 Å². The predicted octanol–water partition coefficient (Wildman–Crippen LogP) is 2.94. The van der Waals surface area contributed by atoms with E-state index in [-0.39, 0.29) is 5.97 Å². The van der Waals surface area contributed by atoms with Crippen LogP contribution in [0.4, 0.5) is 0 Å². The number of rotatable bonds is 4. The van der Waals surface area contributed by atoms with E-state index in [0.29, 0.717) is 18.1 Å². The molecule has 3 nitrogen and oxygen atoms in total. The van der Waals surface area contributed by atoms with E-state index in [1.807, 2.05) is 26.1 Å². The van der Waals surface area contributed by atoms with Crippen molar-refractivity contribution in [3.8, 4) is 0 Å². The number of hydrogen-bond acceptors (Lipinski definition) is 3. The van der Waals surface area contributed by atoms with Gasteiger partial charge >= 0.3 is 5.97 Å². The van der Waals surface area contributed by atoms with E-state index in [2.05, 4.69) is 18.8 Å². The van der Waals surface area contributed by atoms with E-state index in [1.54, 1.807) is 0 Å². The van der Waals surface area contributed by atoms with Crippen LogP contribution in [-0.4, -0.2) is 17.6 Å². The zero-order valence-electron chi connectivity index (χ0n) is 10.4. The molecular formula is C13H19NO2. The lowest BCUT2D eigenvalue weighted by Crippen LogP contribution is -2.10. The molecule has 1 aromatic heterocycles. The van der Waals surface area contributed by atoms with E-state index in [4.69, 9.17) is 4.74 Å². The van der Waals surface area contributed by atoms with Crippen molar-refractivity contribution in [3.05, 3.63) is 29.1 Å². The number of carbonyl (C=O) groups excluding carboxylic acids is 1. The highest BCUT2D eigenvalue weighted by Gasteiger charge is 2.14. The molecule has 0 aliphatic heterocycles. The van der Waals surface area contributed by atoms with Crippen molar-refractivity contribution in [2.75, 3.05) is 6.61 Å². The lowest BCUT2D eigenvalue weighted by Gasteiger charge is -2.10. The van der Waals surface area contributed by atoms with Crippen molar-refractivity contribution in [2.45, 2.75) is 40.0 Å². The molecule has 0 fully saturated rings. The van der Waals surface area contributed by atoms with Gasteiger partial charge in [-0.2, -0.15) is 0 Å². The molecule has 16 heavy (non-hydrogen) atoms. The molecule has 1 rings (SSSR count). The Balaban J connectivity index is 3.11. The molecule has 0 spiro atoms. The minimum atomic E-state index is -0.269. The summed E-state index contributed by atoms with van der Waals surface area (Å²) in [6.07, 6.45) is 2.58. The van der Waals surface area contributed by atoms with Gasteiger partial charge in [0, 0.05) is 6.20 Å². The molecule has 0 saturated heterocycles. The Labute approximate surface area is 96.8 Å². The first-order valence-electron chi connectivity index (χ1n) is 5.76. The summed E-state index contributed by atoms with van der Waals surface area (Å²) < 4.78 is 5.03. The highest BCUT2D eigenvalue weighted by Crippen LogP contribution is 2.18. The molecule has 3 heteroatoms. The van der Waals surface area contributed by atoms with E-state index in [1.165, 1.54) is 0 Å². The SMILES string of the molecule is CCOC(=O)c1cc(C(C)C)cnc1CC. The molecule has 1 aromatic rings. The second kappa shape index (κ2) is 5.64. The predicted molar refractivity (Wildman–Crippen MR) is 63.7 cm³/mol. The van der Waals surface area contributed by atoms with E-state index in [9.17, 15) is 4.79 Å². The van der Waals surface area contributed by atoms with Crippen molar-refractivity contribution >= 4 is 5.97 Å². The Morgan fingerprint density at radius 1 is 1.44 bits per heavy atom. The van der Waals surface area contributed by atoms with Crippen LogP contribution in [0, 0.1) is 0 Å². The van der Waals surface area contributed by atoms with Crippen LogP contribution in [-0.2, 0) is 11.2 Å². The van der Waals surface area contributed by atoms with Gasteiger partial charge in [0.2, 0.25) is 0 Å². The largest absolute Gasteiger partial charge is 0.462 e. The van der Waals surface area contributed by atoms with Gasteiger partial charge in [-0.3, -0.25) is 4.98 Å².